The van der Waals surface area contributed by atoms with Crippen LogP contribution in [0.5, 0.6) is 5.75 Å². The third-order valence-electron chi connectivity index (χ3n) is 3.15. The number of anilines is 1. The summed E-state index contributed by atoms with van der Waals surface area (Å²) in [4.78, 5) is 22.6. The van der Waals surface area contributed by atoms with Gasteiger partial charge in [0.1, 0.15) is 23.1 Å². The van der Waals surface area contributed by atoms with Crippen molar-refractivity contribution in [3.05, 3.63) is 69.8 Å². The number of ether oxygens (including phenoxy) is 1. The molecule has 1 N–H and O–H groups in total. The van der Waals surface area contributed by atoms with E-state index in [4.69, 9.17) is 4.74 Å². The second kappa shape index (κ2) is 7.56. The molecule has 0 aliphatic heterocycles. The van der Waals surface area contributed by atoms with Crippen LogP contribution in [-0.2, 0) is 4.79 Å². The third-order valence-corrected chi connectivity index (χ3v) is 3.15. The van der Waals surface area contributed by atoms with Crippen LogP contribution < -0.4 is 10.1 Å². The van der Waals surface area contributed by atoms with Crippen LogP contribution in [0.4, 0.5) is 11.4 Å². The molecule has 0 fully saturated rings. The molecule has 24 heavy (non-hydrogen) atoms. The number of carbonyl (C=O) groups excluding carboxylic acids is 1. The third kappa shape index (κ3) is 3.75. The smallest absolute Gasteiger partial charge is 0.292 e. The molecule has 0 heterocycles. The summed E-state index contributed by atoms with van der Waals surface area (Å²) >= 11 is 0. The number of amides is 1. The highest BCUT2D eigenvalue weighted by Gasteiger charge is 2.17. The number of para-hydroxylation sites is 3. The van der Waals surface area contributed by atoms with Crippen molar-refractivity contribution >= 4 is 23.4 Å². The van der Waals surface area contributed by atoms with Crippen molar-refractivity contribution in [3.63, 3.8) is 0 Å². The van der Waals surface area contributed by atoms with E-state index in [2.05, 4.69) is 5.32 Å². The molecule has 0 spiro atoms. The van der Waals surface area contributed by atoms with E-state index in [9.17, 15) is 20.2 Å². The molecular formula is C17H13N3O4. The maximum absolute atomic E-state index is 12.3. The maximum Gasteiger partial charge on any atom is 0.292 e. The van der Waals surface area contributed by atoms with Crippen molar-refractivity contribution in [2.24, 2.45) is 0 Å². The molecule has 7 heteroatoms. The van der Waals surface area contributed by atoms with Gasteiger partial charge in [-0.2, -0.15) is 5.26 Å². The fraction of sp³-hybridized carbons (Fsp3) is 0.0588. The minimum atomic E-state index is -0.738. The van der Waals surface area contributed by atoms with E-state index in [0.29, 0.717) is 11.3 Å². The van der Waals surface area contributed by atoms with E-state index in [0.717, 1.165) is 0 Å². The van der Waals surface area contributed by atoms with Gasteiger partial charge in [0.05, 0.1) is 12.0 Å². The zero-order chi connectivity index (χ0) is 17.5. The number of nitro benzene ring substituents is 1. The first kappa shape index (κ1) is 16.7. The molecule has 7 nitrogen and oxygen atoms in total. The topological polar surface area (TPSA) is 105 Å². The second-order valence-corrected chi connectivity index (χ2v) is 4.64. The molecule has 120 valence electrons. The van der Waals surface area contributed by atoms with Crippen LogP contribution in [0.15, 0.2) is 54.1 Å². The van der Waals surface area contributed by atoms with Gasteiger partial charge in [-0.05, 0) is 18.2 Å². The predicted molar refractivity (Wildman–Crippen MR) is 88.3 cm³/mol. The first-order valence-electron chi connectivity index (χ1n) is 6.86. The maximum atomic E-state index is 12.3. The molecule has 2 aromatic carbocycles. The Hall–Kier alpha value is -3.66. The summed E-state index contributed by atoms with van der Waals surface area (Å²) in [6.07, 6.45) is 1.36. The predicted octanol–water partition coefficient (Wildman–Crippen LogP) is 3.15. The Morgan fingerprint density at radius 2 is 1.92 bits per heavy atom. The first-order valence-corrected chi connectivity index (χ1v) is 6.86. The summed E-state index contributed by atoms with van der Waals surface area (Å²) in [5.74, 6) is -0.235. The minimum Gasteiger partial charge on any atom is -0.496 e. The van der Waals surface area contributed by atoms with Gasteiger partial charge in [0, 0.05) is 11.6 Å². The molecule has 0 radical (unpaired) electrons. The Labute approximate surface area is 137 Å². The highest BCUT2D eigenvalue weighted by molar-refractivity contribution is 6.10. The van der Waals surface area contributed by atoms with Gasteiger partial charge in [0.15, 0.2) is 0 Å². The quantitative estimate of drug-likeness (QED) is 0.394. The van der Waals surface area contributed by atoms with Crippen molar-refractivity contribution in [2.45, 2.75) is 0 Å². The Morgan fingerprint density at radius 3 is 2.58 bits per heavy atom. The second-order valence-electron chi connectivity index (χ2n) is 4.64. The Balaban J connectivity index is 2.32. The summed E-state index contributed by atoms with van der Waals surface area (Å²) in [5, 5.41) is 22.6. The number of benzene rings is 2. The van der Waals surface area contributed by atoms with Gasteiger partial charge in [-0.25, -0.2) is 0 Å². The average molecular weight is 323 g/mol. The van der Waals surface area contributed by atoms with Gasteiger partial charge < -0.3 is 10.1 Å². The number of methoxy groups -OCH3 is 1. The fourth-order valence-corrected chi connectivity index (χ4v) is 2.02. The summed E-state index contributed by atoms with van der Waals surface area (Å²) < 4.78 is 5.16. The molecule has 1 amide bonds. The summed E-state index contributed by atoms with van der Waals surface area (Å²) in [6, 6.07) is 14.4. The SMILES string of the molecule is COc1ccccc1/C=C(\C#N)C(=O)Nc1ccccc1[N+](=O)[O-]. The van der Waals surface area contributed by atoms with Gasteiger partial charge in [-0.15, -0.1) is 0 Å². The van der Waals surface area contributed by atoms with Crippen LogP contribution in [0.1, 0.15) is 5.56 Å². The Bertz CT molecular complexity index is 853. The van der Waals surface area contributed by atoms with Gasteiger partial charge >= 0.3 is 0 Å². The monoisotopic (exact) mass is 323 g/mol. The number of rotatable bonds is 5. The van der Waals surface area contributed by atoms with E-state index in [1.165, 1.54) is 31.4 Å². The van der Waals surface area contributed by atoms with Crippen molar-refractivity contribution < 1.29 is 14.5 Å². The highest BCUT2D eigenvalue weighted by Crippen LogP contribution is 2.25. The van der Waals surface area contributed by atoms with Gasteiger partial charge in [0.25, 0.3) is 11.6 Å². The van der Waals surface area contributed by atoms with Crippen molar-refractivity contribution in [1.82, 2.24) is 0 Å². The van der Waals surface area contributed by atoms with E-state index in [-0.39, 0.29) is 16.9 Å². The van der Waals surface area contributed by atoms with Crippen LogP contribution in [0.2, 0.25) is 0 Å². The van der Waals surface area contributed by atoms with Crippen LogP contribution in [0.25, 0.3) is 6.08 Å². The van der Waals surface area contributed by atoms with Crippen LogP contribution in [-0.4, -0.2) is 17.9 Å². The molecule has 0 aromatic heterocycles. The molecule has 0 bridgehead atoms. The zero-order valence-corrected chi connectivity index (χ0v) is 12.7. The number of hydrogen-bond acceptors (Lipinski definition) is 5. The van der Waals surface area contributed by atoms with Gasteiger partial charge in [-0.1, -0.05) is 30.3 Å². The highest BCUT2D eigenvalue weighted by atomic mass is 16.6. The fourth-order valence-electron chi connectivity index (χ4n) is 2.02. The molecule has 0 saturated carbocycles. The molecule has 0 saturated heterocycles. The molecule has 0 atom stereocenters. The van der Waals surface area contributed by atoms with Gasteiger partial charge in [-0.3, -0.25) is 14.9 Å². The molecular weight excluding hydrogens is 310 g/mol. The lowest BCUT2D eigenvalue weighted by Crippen LogP contribution is -2.14. The number of hydrogen-bond donors (Lipinski definition) is 1. The van der Waals surface area contributed by atoms with Crippen molar-refractivity contribution in [2.75, 3.05) is 12.4 Å². The normalized spacial score (nSPS) is 10.6. The molecule has 2 aromatic rings. The molecule has 0 aliphatic carbocycles. The molecule has 0 aliphatic rings. The summed E-state index contributed by atoms with van der Waals surface area (Å²) in [5.41, 5.74) is 0.126. The largest absolute Gasteiger partial charge is 0.496 e. The lowest BCUT2D eigenvalue weighted by molar-refractivity contribution is -0.383. The first-order chi connectivity index (χ1) is 11.6. The van der Waals surface area contributed by atoms with Gasteiger partial charge in [0.2, 0.25) is 0 Å². The number of carbonyl (C=O) groups is 1. The summed E-state index contributed by atoms with van der Waals surface area (Å²) in [7, 11) is 1.48. The Kier molecular flexibility index (Phi) is 5.26. The van der Waals surface area contributed by atoms with Crippen molar-refractivity contribution in [1.29, 1.82) is 5.26 Å². The van der Waals surface area contributed by atoms with E-state index in [1.54, 1.807) is 36.4 Å². The number of nitrogens with zero attached hydrogens (tertiary/aromatic N) is 2. The molecule has 0 unspecified atom stereocenters. The summed E-state index contributed by atoms with van der Waals surface area (Å²) in [6.45, 7) is 0. The van der Waals surface area contributed by atoms with Crippen LogP contribution in [0, 0.1) is 21.4 Å². The number of nitro groups is 1. The number of nitrogens with one attached hydrogen (secondary N) is 1. The lowest BCUT2D eigenvalue weighted by Gasteiger charge is -2.06. The zero-order valence-electron chi connectivity index (χ0n) is 12.7. The average Bonchev–Trinajstić information content (AvgIpc) is 2.60. The molecule has 2 rings (SSSR count). The Morgan fingerprint density at radius 1 is 1.25 bits per heavy atom. The lowest BCUT2D eigenvalue weighted by atomic mass is 10.1. The minimum absolute atomic E-state index is 0.0219. The van der Waals surface area contributed by atoms with E-state index >= 15 is 0 Å². The van der Waals surface area contributed by atoms with Crippen LogP contribution in [0.3, 0.4) is 0 Å². The number of nitriles is 1. The van der Waals surface area contributed by atoms with E-state index in [1.807, 2.05) is 0 Å². The van der Waals surface area contributed by atoms with Crippen molar-refractivity contribution in [3.8, 4) is 11.8 Å². The van der Waals surface area contributed by atoms with E-state index < -0.39 is 10.8 Å². The van der Waals surface area contributed by atoms with Crippen LogP contribution >= 0.6 is 0 Å². The standard InChI is InChI=1S/C17H13N3O4/c1-24-16-9-5-2-6-12(16)10-13(11-18)17(21)19-14-7-3-4-8-15(14)20(22)23/h2-10H,1H3,(H,19,21)/b13-10+.